The van der Waals surface area contributed by atoms with Crippen LogP contribution in [0.5, 0.6) is 5.75 Å². The molecular formula is C17H17F3N4O2S. The lowest BCUT2D eigenvalue weighted by molar-refractivity contribution is -0.274. The molecule has 10 heteroatoms. The molecule has 0 spiro atoms. The van der Waals surface area contributed by atoms with Crippen LogP contribution >= 0.6 is 11.8 Å². The van der Waals surface area contributed by atoms with E-state index in [1.807, 2.05) is 4.57 Å². The maximum atomic E-state index is 12.1. The summed E-state index contributed by atoms with van der Waals surface area (Å²) in [5.74, 6) is 0.794. The number of carbonyl (C=O) groups excluding carboxylic acids is 1. The first kappa shape index (κ1) is 19.3. The molecule has 3 rings (SSSR count). The molecule has 0 atom stereocenters. The number of benzene rings is 1. The van der Waals surface area contributed by atoms with Gasteiger partial charge in [-0.2, -0.15) is 0 Å². The molecule has 1 aliphatic rings. The Balaban J connectivity index is 1.55. The van der Waals surface area contributed by atoms with E-state index >= 15 is 0 Å². The van der Waals surface area contributed by atoms with Gasteiger partial charge in [-0.1, -0.05) is 17.8 Å². The van der Waals surface area contributed by atoms with E-state index in [4.69, 9.17) is 0 Å². The van der Waals surface area contributed by atoms with Gasteiger partial charge in [0.1, 0.15) is 11.6 Å². The topological polar surface area (TPSA) is 69.0 Å². The molecule has 2 aromatic rings. The Morgan fingerprint density at radius 2 is 2.04 bits per heavy atom. The Morgan fingerprint density at radius 3 is 2.63 bits per heavy atom. The van der Waals surface area contributed by atoms with Crippen LogP contribution in [-0.2, 0) is 11.3 Å². The summed E-state index contributed by atoms with van der Waals surface area (Å²) in [6, 6.07) is 4.96. The highest BCUT2D eigenvalue weighted by Gasteiger charge is 2.31. The Labute approximate surface area is 157 Å². The smallest absolute Gasteiger partial charge is 0.406 e. The summed E-state index contributed by atoms with van der Waals surface area (Å²) in [4.78, 5) is 12.1. The lowest BCUT2D eigenvalue weighted by Crippen LogP contribution is -2.17. The minimum absolute atomic E-state index is 0.0980. The lowest BCUT2D eigenvalue weighted by Gasteiger charge is -2.10. The fraction of sp³-hybridized carbons (Fsp3) is 0.353. The molecule has 1 N–H and O–H groups in total. The molecule has 27 heavy (non-hydrogen) atoms. The minimum Gasteiger partial charge on any atom is -0.406 e. The van der Waals surface area contributed by atoms with E-state index in [0.717, 1.165) is 30.8 Å². The molecule has 1 amide bonds. The Kier molecular flexibility index (Phi) is 5.73. The summed E-state index contributed by atoms with van der Waals surface area (Å²) < 4.78 is 42.2. The van der Waals surface area contributed by atoms with Crippen molar-refractivity contribution in [2.45, 2.75) is 36.8 Å². The zero-order valence-electron chi connectivity index (χ0n) is 14.2. The number of amides is 1. The zero-order valence-corrected chi connectivity index (χ0v) is 15.0. The standard InChI is InChI=1S/C17H17F3N4O2S/c1-2-9-24-15(11-3-4-11)22-23-16(24)27-10-14(25)21-12-5-7-13(8-6-12)26-17(18,19)20/h2,5-8,11H,1,3-4,9-10H2,(H,21,25). The van der Waals surface area contributed by atoms with Gasteiger partial charge in [0.25, 0.3) is 0 Å². The molecule has 0 unspecified atom stereocenters. The summed E-state index contributed by atoms with van der Waals surface area (Å²) in [5.41, 5.74) is 0.376. The second kappa shape index (κ2) is 8.03. The SMILES string of the molecule is C=CCn1c(SCC(=O)Nc2ccc(OC(F)(F)F)cc2)nnc1C1CC1. The van der Waals surface area contributed by atoms with Gasteiger partial charge >= 0.3 is 6.36 Å². The van der Waals surface area contributed by atoms with Crippen molar-refractivity contribution in [3.63, 3.8) is 0 Å². The van der Waals surface area contributed by atoms with Crippen LogP contribution < -0.4 is 10.1 Å². The molecule has 0 saturated heterocycles. The number of carbonyl (C=O) groups is 1. The van der Waals surface area contributed by atoms with E-state index in [1.54, 1.807) is 6.08 Å². The number of allylic oxidation sites excluding steroid dienone is 1. The van der Waals surface area contributed by atoms with Gasteiger partial charge in [-0.05, 0) is 37.1 Å². The lowest BCUT2D eigenvalue weighted by atomic mass is 10.3. The fourth-order valence-electron chi connectivity index (χ4n) is 2.42. The number of rotatable bonds is 8. The monoisotopic (exact) mass is 398 g/mol. The number of aromatic nitrogens is 3. The average molecular weight is 398 g/mol. The molecule has 1 aromatic carbocycles. The molecular weight excluding hydrogens is 381 g/mol. The minimum atomic E-state index is -4.75. The molecule has 0 bridgehead atoms. The second-order valence-corrected chi connectivity index (χ2v) is 6.87. The third kappa shape index (κ3) is 5.49. The quantitative estimate of drug-likeness (QED) is 0.538. The summed E-state index contributed by atoms with van der Waals surface area (Å²) in [7, 11) is 0. The predicted octanol–water partition coefficient (Wildman–Crippen LogP) is 3.97. The van der Waals surface area contributed by atoms with Crippen molar-refractivity contribution in [3.05, 3.63) is 42.7 Å². The fourth-order valence-corrected chi connectivity index (χ4v) is 3.17. The zero-order chi connectivity index (χ0) is 19.4. The van der Waals surface area contributed by atoms with Crippen molar-refractivity contribution in [2.75, 3.05) is 11.1 Å². The van der Waals surface area contributed by atoms with Crippen LogP contribution in [0.2, 0.25) is 0 Å². The number of nitrogens with one attached hydrogen (secondary N) is 1. The number of halogens is 3. The number of hydrogen-bond acceptors (Lipinski definition) is 5. The van der Waals surface area contributed by atoms with E-state index in [9.17, 15) is 18.0 Å². The van der Waals surface area contributed by atoms with Crippen LogP contribution in [0.25, 0.3) is 0 Å². The number of anilines is 1. The van der Waals surface area contributed by atoms with Crippen LogP contribution in [0.4, 0.5) is 18.9 Å². The van der Waals surface area contributed by atoms with E-state index < -0.39 is 6.36 Å². The summed E-state index contributed by atoms with van der Waals surface area (Å²) in [6.45, 7) is 4.31. The van der Waals surface area contributed by atoms with Gasteiger partial charge in [0, 0.05) is 18.2 Å². The number of ether oxygens (including phenoxy) is 1. The first-order valence-corrected chi connectivity index (χ1v) is 9.16. The van der Waals surface area contributed by atoms with Gasteiger partial charge in [-0.15, -0.1) is 29.9 Å². The van der Waals surface area contributed by atoms with Crippen LogP contribution in [0, 0.1) is 0 Å². The van der Waals surface area contributed by atoms with Gasteiger partial charge in [0.05, 0.1) is 5.75 Å². The molecule has 144 valence electrons. The largest absolute Gasteiger partial charge is 0.573 e. The molecule has 0 radical (unpaired) electrons. The normalized spacial score (nSPS) is 14.0. The van der Waals surface area contributed by atoms with E-state index in [0.29, 0.717) is 23.3 Å². The highest BCUT2D eigenvalue weighted by atomic mass is 32.2. The predicted molar refractivity (Wildman–Crippen MR) is 94.7 cm³/mol. The van der Waals surface area contributed by atoms with Crippen molar-refractivity contribution < 1.29 is 22.7 Å². The second-order valence-electron chi connectivity index (χ2n) is 5.92. The molecule has 6 nitrogen and oxygen atoms in total. The summed E-state index contributed by atoms with van der Waals surface area (Å²) in [5, 5.41) is 11.6. The molecule has 1 aromatic heterocycles. The van der Waals surface area contributed by atoms with Crippen molar-refractivity contribution in [1.29, 1.82) is 0 Å². The van der Waals surface area contributed by atoms with Gasteiger partial charge in [0.2, 0.25) is 5.91 Å². The number of thioether (sulfide) groups is 1. The molecule has 1 fully saturated rings. The third-order valence-corrected chi connectivity index (χ3v) is 4.67. The Hall–Kier alpha value is -2.49. The van der Waals surface area contributed by atoms with Gasteiger partial charge in [-0.3, -0.25) is 4.79 Å². The number of alkyl halides is 3. The number of hydrogen-bond donors (Lipinski definition) is 1. The van der Waals surface area contributed by atoms with E-state index in [1.165, 1.54) is 23.9 Å². The third-order valence-electron chi connectivity index (χ3n) is 3.70. The van der Waals surface area contributed by atoms with Crippen LogP contribution in [0.15, 0.2) is 42.1 Å². The van der Waals surface area contributed by atoms with Crippen molar-refractivity contribution >= 4 is 23.4 Å². The van der Waals surface area contributed by atoms with Gasteiger partial charge in [-0.25, -0.2) is 0 Å². The molecule has 0 aliphatic heterocycles. The van der Waals surface area contributed by atoms with E-state index in [-0.39, 0.29) is 17.4 Å². The van der Waals surface area contributed by atoms with Crippen molar-refractivity contribution in [3.8, 4) is 5.75 Å². The maximum Gasteiger partial charge on any atom is 0.573 e. The molecule has 1 saturated carbocycles. The average Bonchev–Trinajstić information content (AvgIpc) is 3.36. The first-order chi connectivity index (χ1) is 12.9. The molecule has 1 aliphatic carbocycles. The van der Waals surface area contributed by atoms with Crippen LogP contribution in [0.3, 0.4) is 0 Å². The Bertz CT molecular complexity index is 817. The van der Waals surface area contributed by atoms with Crippen molar-refractivity contribution in [1.82, 2.24) is 14.8 Å². The van der Waals surface area contributed by atoms with Crippen molar-refractivity contribution in [2.24, 2.45) is 0 Å². The van der Waals surface area contributed by atoms with Gasteiger partial charge < -0.3 is 14.6 Å². The highest BCUT2D eigenvalue weighted by Crippen LogP contribution is 2.40. The first-order valence-electron chi connectivity index (χ1n) is 8.18. The van der Waals surface area contributed by atoms with Crippen LogP contribution in [0.1, 0.15) is 24.6 Å². The summed E-state index contributed by atoms with van der Waals surface area (Å²) >= 11 is 1.25. The maximum absolute atomic E-state index is 12.1. The van der Waals surface area contributed by atoms with Gasteiger partial charge in [0.15, 0.2) is 5.16 Å². The highest BCUT2D eigenvalue weighted by molar-refractivity contribution is 7.99. The van der Waals surface area contributed by atoms with E-state index in [2.05, 4.69) is 26.8 Å². The summed E-state index contributed by atoms with van der Waals surface area (Å²) in [6.07, 6.45) is -0.811. The Morgan fingerprint density at radius 1 is 1.33 bits per heavy atom. The number of nitrogens with zero attached hydrogens (tertiary/aromatic N) is 3. The molecule has 1 heterocycles. The van der Waals surface area contributed by atoms with Crippen LogP contribution in [-0.4, -0.2) is 32.8 Å².